The highest BCUT2D eigenvalue weighted by Gasteiger charge is 2.10. The molecule has 1 aromatic carbocycles. The Bertz CT molecular complexity index is 355. The second-order valence-electron chi connectivity index (χ2n) is 2.71. The van der Waals surface area contributed by atoms with Crippen molar-refractivity contribution in [2.45, 2.75) is 0 Å². The van der Waals surface area contributed by atoms with Crippen LogP contribution in [-0.4, -0.2) is 20.2 Å². The minimum absolute atomic E-state index is 0.422. The summed E-state index contributed by atoms with van der Waals surface area (Å²) in [7, 11) is 3.10. The first-order valence-electron chi connectivity index (χ1n) is 3.93. The van der Waals surface area contributed by atoms with Crippen molar-refractivity contribution in [3.8, 4) is 5.75 Å². The maximum absolute atomic E-state index is 10.9. The summed E-state index contributed by atoms with van der Waals surface area (Å²) in [5, 5.41) is 0.422. The molecule has 14 heavy (non-hydrogen) atoms. The molecule has 0 saturated heterocycles. The Morgan fingerprint density at radius 1 is 1.57 bits per heavy atom. The lowest BCUT2D eigenvalue weighted by atomic mass is 10.3. The van der Waals surface area contributed by atoms with E-state index in [1.54, 1.807) is 32.4 Å². The van der Waals surface area contributed by atoms with Gasteiger partial charge in [-0.05, 0) is 12.1 Å². The largest absolute Gasteiger partial charge is 0.497 e. The van der Waals surface area contributed by atoms with E-state index in [1.165, 1.54) is 4.90 Å². The van der Waals surface area contributed by atoms with Gasteiger partial charge in [0.2, 0.25) is 0 Å². The minimum Gasteiger partial charge on any atom is -0.497 e. The summed E-state index contributed by atoms with van der Waals surface area (Å²) in [5.74, 6) is 0.636. The fourth-order valence-corrected chi connectivity index (χ4v) is 1.30. The molecule has 1 rings (SSSR count). The van der Waals surface area contributed by atoms with Crippen LogP contribution in [0.5, 0.6) is 5.75 Å². The summed E-state index contributed by atoms with van der Waals surface area (Å²) >= 11 is 5.92. The lowest BCUT2D eigenvalue weighted by molar-refractivity contribution is 0.255. The van der Waals surface area contributed by atoms with Crippen LogP contribution in [0.15, 0.2) is 18.2 Å². The second-order valence-corrected chi connectivity index (χ2v) is 3.12. The lowest BCUT2D eigenvalue weighted by Gasteiger charge is -2.16. The number of rotatable bonds is 2. The van der Waals surface area contributed by atoms with E-state index in [4.69, 9.17) is 22.1 Å². The molecule has 0 fully saturated rings. The van der Waals surface area contributed by atoms with Crippen molar-refractivity contribution in [2.75, 3.05) is 19.1 Å². The number of urea groups is 1. The fourth-order valence-electron chi connectivity index (χ4n) is 1.01. The van der Waals surface area contributed by atoms with E-state index in [2.05, 4.69) is 0 Å². The number of hydrogen-bond acceptors (Lipinski definition) is 2. The zero-order valence-electron chi connectivity index (χ0n) is 7.95. The highest BCUT2D eigenvalue weighted by Crippen LogP contribution is 2.28. The molecule has 1 aromatic rings. The van der Waals surface area contributed by atoms with Gasteiger partial charge in [0.05, 0.1) is 17.8 Å². The number of ether oxygens (including phenoxy) is 1. The molecule has 0 saturated carbocycles. The van der Waals surface area contributed by atoms with E-state index < -0.39 is 6.03 Å². The van der Waals surface area contributed by atoms with Gasteiger partial charge in [-0.1, -0.05) is 11.6 Å². The van der Waals surface area contributed by atoms with Crippen LogP contribution in [0.25, 0.3) is 0 Å². The summed E-state index contributed by atoms with van der Waals surface area (Å²) in [5.41, 5.74) is 5.66. The van der Waals surface area contributed by atoms with E-state index in [0.29, 0.717) is 16.5 Å². The molecule has 2 amide bonds. The molecule has 0 aliphatic carbocycles. The van der Waals surface area contributed by atoms with Gasteiger partial charge in [0.25, 0.3) is 0 Å². The Morgan fingerprint density at radius 2 is 2.21 bits per heavy atom. The fraction of sp³-hybridized carbons (Fsp3) is 0.222. The third kappa shape index (κ3) is 2.09. The predicted octanol–water partition coefficient (Wildman–Crippen LogP) is 1.86. The molecular weight excluding hydrogens is 204 g/mol. The standard InChI is InChI=1S/C9H11ClN2O2/c1-12(9(11)13)8-4-3-6(14-2)5-7(8)10/h3-5H,1-2H3,(H2,11,13). The first kappa shape index (κ1) is 10.7. The van der Waals surface area contributed by atoms with Crippen molar-refractivity contribution in [3.63, 3.8) is 0 Å². The molecular formula is C9H11ClN2O2. The number of carbonyl (C=O) groups is 1. The number of methoxy groups -OCH3 is 1. The van der Waals surface area contributed by atoms with Crippen LogP contribution in [0.2, 0.25) is 5.02 Å². The van der Waals surface area contributed by atoms with Crippen LogP contribution in [-0.2, 0) is 0 Å². The molecule has 0 aliphatic rings. The van der Waals surface area contributed by atoms with Crippen LogP contribution in [0.3, 0.4) is 0 Å². The molecule has 0 heterocycles. The summed E-state index contributed by atoms with van der Waals surface area (Å²) in [6.07, 6.45) is 0. The number of anilines is 1. The number of amides is 2. The quantitative estimate of drug-likeness (QED) is 0.817. The molecule has 0 bridgehead atoms. The zero-order valence-corrected chi connectivity index (χ0v) is 8.71. The van der Waals surface area contributed by atoms with E-state index in [-0.39, 0.29) is 0 Å². The summed E-state index contributed by atoms with van der Waals surface area (Å²) in [6, 6.07) is 4.44. The smallest absolute Gasteiger partial charge is 0.319 e. The van der Waals surface area contributed by atoms with Gasteiger partial charge >= 0.3 is 6.03 Å². The topological polar surface area (TPSA) is 55.6 Å². The van der Waals surface area contributed by atoms with E-state index in [1.807, 2.05) is 0 Å². The molecule has 5 heteroatoms. The first-order chi connectivity index (χ1) is 6.56. The molecule has 0 aromatic heterocycles. The van der Waals surface area contributed by atoms with E-state index in [9.17, 15) is 4.79 Å². The van der Waals surface area contributed by atoms with Crippen molar-refractivity contribution in [2.24, 2.45) is 5.73 Å². The van der Waals surface area contributed by atoms with Crippen molar-refractivity contribution in [1.29, 1.82) is 0 Å². The Balaban J connectivity index is 3.05. The number of benzene rings is 1. The summed E-state index contributed by atoms with van der Waals surface area (Å²) in [4.78, 5) is 12.1. The van der Waals surface area contributed by atoms with Gasteiger partial charge < -0.3 is 10.5 Å². The van der Waals surface area contributed by atoms with Gasteiger partial charge in [0, 0.05) is 13.1 Å². The number of primary amides is 1. The van der Waals surface area contributed by atoms with E-state index in [0.717, 1.165) is 0 Å². The normalized spacial score (nSPS) is 9.64. The predicted molar refractivity (Wildman–Crippen MR) is 56.0 cm³/mol. The maximum atomic E-state index is 10.9. The van der Waals surface area contributed by atoms with Gasteiger partial charge in [-0.2, -0.15) is 0 Å². The van der Waals surface area contributed by atoms with Crippen molar-refractivity contribution in [3.05, 3.63) is 23.2 Å². The van der Waals surface area contributed by atoms with Crippen LogP contribution >= 0.6 is 11.6 Å². The molecule has 2 N–H and O–H groups in total. The van der Waals surface area contributed by atoms with Crippen LogP contribution in [0, 0.1) is 0 Å². The molecule has 0 atom stereocenters. The van der Waals surface area contributed by atoms with Gasteiger partial charge in [-0.3, -0.25) is 4.90 Å². The second kappa shape index (κ2) is 4.19. The highest BCUT2D eigenvalue weighted by atomic mass is 35.5. The van der Waals surface area contributed by atoms with Gasteiger partial charge in [-0.25, -0.2) is 4.79 Å². The highest BCUT2D eigenvalue weighted by molar-refractivity contribution is 6.33. The molecule has 4 nitrogen and oxygen atoms in total. The van der Waals surface area contributed by atoms with Crippen LogP contribution in [0.1, 0.15) is 0 Å². The van der Waals surface area contributed by atoms with Crippen LogP contribution < -0.4 is 15.4 Å². The maximum Gasteiger partial charge on any atom is 0.319 e. The van der Waals surface area contributed by atoms with Crippen molar-refractivity contribution >= 4 is 23.3 Å². The molecule has 0 aliphatic heterocycles. The number of carbonyl (C=O) groups excluding carboxylic acids is 1. The Kier molecular flexibility index (Phi) is 3.19. The van der Waals surface area contributed by atoms with Gasteiger partial charge in [-0.15, -0.1) is 0 Å². The van der Waals surface area contributed by atoms with Crippen molar-refractivity contribution in [1.82, 2.24) is 0 Å². The average molecular weight is 215 g/mol. The average Bonchev–Trinajstić information content (AvgIpc) is 2.16. The lowest BCUT2D eigenvalue weighted by Crippen LogP contribution is -2.31. The van der Waals surface area contributed by atoms with E-state index >= 15 is 0 Å². The third-order valence-corrected chi connectivity index (χ3v) is 2.15. The molecule has 76 valence electrons. The Labute approximate surface area is 87.2 Å². The molecule has 0 radical (unpaired) electrons. The van der Waals surface area contributed by atoms with Crippen molar-refractivity contribution < 1.29 is 9.53 Å². The monoisotopic (exact) mass is 214 g/mol. The Morgan fingerprint density at radius 3 is 2.64 bits per heavy atom. The molecule has 0 unspecified atom stereocenters. The first-order valence-corrected chi connectivity index (χ1v) is 4.30. The number of halogens is 1. The number of nitrogens with two attached hydrogens (primary N) is 1. The van der Waals surface area contributed by atoms with Gasteiger partial charge in [0.15, 0.2) is 0 Å². The molecule has 0 spiro atoms. The minimum atomic E-state index is -0.558. The third-order valence-electron chi connectivity index (χ3n) is 1.85. The zero-order chi connectivity index (χ0) is 10.7. The summed E-state index contributed by atoms with van der Waals surface area (Å²) in [6.45, 7) is 0. The van der Waals surface area contributed by atoms with Crippen LogP contribution in [0.4, 0.5) is 10.5 Å². The SMILES string of the molecule is COc1ccc(N(C)C(N)=O)c(Cl)c1. The number of nitrogens with zero attached hydrogens (tertiary/aromatic N) is 1. The van der Waals surface area contributed by atoms with Gasteiger partial charge in [0.1, 0.15) is 5.75 Å². The number of hydrogen-bond donors (Lipinski definition) is 1. The summed E-state index contributed by atoms with van der Waals surface area (Å²) < 4.78 is 4.97. The Hall–Kier alpha value is -1.42.